The lowest BCUT2D eigenvalue weighted by Crippen LogP contribution is -2.38. The van der Waals surface area contributed by atoms with E-state index in [2.05, 4.69) is 11.9 Å². The number of carbonyl (C=O) groups excluding carboxylic acids is 1. The average Bonchev–Trinajstić information content (AvgIpc) is 3.15. The molecule has 1 amide bonds. The van der Waals surface area contributed by atoms with E-state index in [1.165, 1.54) is 47.1 Å². The third-order valence-corrected chi connectivity index (χ3v) is 7.10. The highest BCUT2D eigenvalue weighted by atomic mass is 32.2. The predicted octanol–water partition coefficient (Wildman–Crippen LogP) is 7.73. The monoisotopic (exact) mass is 519 g/mol. The van der Waals surface area contributed by atoms with Crippen molar-refractivity contribution in [3.63, 3.8) is 0 Å². The largest absolute Gasteiger partial charge is 0.483 e. The predicted molar refractivity (Wildman–Crippen MR) is 147 cm³/mol. The summed E-state index contributed by atoms with van der Waals surface area (Å²) in [5.74, 6) is -0.605. The zero-order valence-corrected chi connectivity index (χ0v) is 21.5. The molecule has 1 aliphatic heterocycles. The summed E-state index contributed by atoms with van der Waals surface area (Å²) in [6, 6.07) is 15.0. The molecule has 0 spiro atoms. The second-order valence-electron chi connectivity index (χ2n) is 8.61. The van der Waals surface area contributed by atoms with Gasteiger partial charge in [-0.15, -0.1) is 0 Å². The first-order valence-corrected chi connectivity index (χ1v) is 12.5. The Morgan fingerprint density at radius 1 is 1.11 bits per heavy atom. The lowest BCUT2D eigenvalue weighted by Gasteiger charge is -2.26. The second-order valence-corrected chi connectivity index (χ2v) is 9.95. The van der Waals surface area contributed by atoms with Crippen LogP contribution in [0.4, 0.5) is 25.8 Å². The van der Waals surface area contributed by atoms with Gasteiger partial charge in [-0.25, -0.2) is 8.78 Å². The highest BCUT2D eigenvalue weighted by Crippen LogP contribution is 2.44. The van der Waals surface area contributed by atoms with Gasteiger partial charge in [0.2, 0.25) is 0 Å². The van der Waals surface area contributed by atoms with Gasteiger partial charge in [0.15, 0.2) is 0 Å². The Kier molecular flexibility index (Phi) is 7.78. The molecule has 0 radical (unpaired) electrons. The fourth-order valence-corrected chi connectivity index (χ4v) is 4.84. The normalized spacial score (nSPS) is 16.8. The van der Waals surface area contributed by atoms with Crippen LogP contribution >= 0.6 is 11.8 Å². The van der Waals surface area contributed by atoms with Gasteiger partial charge >= 0.3 is 0 Å². The molecule has 1 unspecified atom stereocenters. The van der Waals surface area contributed by atoms with E-state index in [-0.39, 0.29) is 11.7 Å². The molecule has 1 heterocycles. The standard InChI is InChI=1S/C29H27F2N3O2S/c1-5-17(2)37-19(4)29(35)34-18(3)28(25-12-8-22(31)15-27(25)34)36-24-11-13-26(20(14-24)16-32)33-23-9-6-21(30)7-10-23/h5-16,18,28,32-33H,4H2,1-3H3/b17-5-,32-16?/t18?,28-/m0/s1. The van der Waals surface area contributed by atoms with E-state index in [1.54, 1.807) is 36.4 Å². The zero-order valence-electron chi connectivity index (χ0n) is 20.7. The van der Waals surface area contributed by atoms with Crippen molar-refractivity contribution in [2.24, 2.45) is 0 Å². The number of amides is 1. The molecule has 0 saturated carbocycles. The van der Waals surface area contributed by atoms with E-state index in [9.17, 15) is 13.6 Å². The third kappa shape index (κ3) is 5.59. The summed E-state index contributed by atoms with van der Waals surface area (Å²) in [7, 11) is 0. The van der Waals surface area contributed by atoms with E-state index >= 15 is 0 Å². The minimum atomic E-state index is -0.561. The van der Waals surface area contributed by atoms with Gasteiger partial charge in [0.05, 0.1) is 16.6 Å². The van der Waals surface area contributed by atoms with Crippen LogP contribution in [0.3, 0.4) is 0 Å². The Hall–Kier alpha value is -3.91. The maximum Gasteiger partial charge on any atom is 0.264 e. The van der Waals surface area contributed by atoms with Gasteiger partial charge in [-0.1, -0.05) is 30.5 Å². The zero-order chi connectivity index (χ0) is 26.7. The van der Waals surface area contributed by atoms with E-state index in [4.69, 9.17) is 10.1 Å². The average molecular weight is 520 g/mol. The van der Waals surface area contributed by atoms with Crippen LogP contribution in [0.5, 0.6) is 5.75 Å². The van der Waals surface area contributed by atoms with Crippen molar-refractivity contribution < 1.29 is 18.3 Å². The fraction of sp³-hybridized carbons (Fsp3) is 0.172. The van der Waals surface area contributed by atoms with Gasteiger partial charge in [-0.05, 0) is 80.3 Å². The molecule has 37 heavy (non-hydrogen) atoms. The molecular weight excluding hydrogens is 492 g/mol. The van der Waals surface area contributed by atoms with Crippen molar-refractivity contribution in [1.82, 2.24) is 0 Å². The topological polar surface area (TPSA) is 65.4 Å². The molecule has 1 aliphatic rings. The van der Waals surface area contributed by atoms with Crippen LogP contribution in [-0.4, -0.2) is 18.2 Å². The Morgan fingerprint density at radius 2 is 1.81 bits per heavy atom. The number of carbonyl (C=O) groups is 1. The first-order valence-electron chi connectivity index (χ1n) is 11.7. The van der Waals surface area contributed by atoms with Gasteiger partial charge < -0.3 is 20.4 Å². The molecular formula is C29H27F2N3O2S. The molecule has 8 heteroatoms. The number of anilines is 3. The first-order chi connectivity index (χ1) is 17.7. The smallest absolute Gasteiger partial charge is 0.264 e. The number of fused-ring (bicyclic) bond motifs is 1. The van der Waals surface area contributed by atoms with Crippen LogP contribution in [0.2, 0.25) is 0 Å². The molecule has 2 atom stereocenters. The molecule has 4 rings (SSSR count). The Morgan fingerprint density at radius 3 is 2.49 bits per heavy atom. The minimum Gasteiger partial charge on any atom is -0.483 e. The Balaban J connectivity index is 1.61. The number of nitrogens with one attached hydrogen (secondary N) is 2. The molecule has 0 saturated heterocycles. The van der Waals surface area contributed by atoms with Crippen molar-refractivity contribution in [3.8, 4) is 5.75 Å². The fourth-order valence-electron chi connectivity index (χ4n) is 4.15. The Bertz CT molecular complexity index is 1390. The Labute approximate surface area is 219 Å². The SMILES string of the molecule is C=C(S/C(C)=C\C)C(=O)N1c2cc(F)ccc2[C@@H](Oc2ccc(Nc3ccc(F)cc3)c(C=N)c2)C1C. The summed E-state index contributed by atoms with van der Waals surface area (Å²) in [6.45, 7) is 9.57. The van der Waals surface area contributed by atoms with Crippen molar-refractivity contribution in [1.29, 1.82) is 5.41 Å². The van der Waals surface area contributed by atoms with Crippen LogP contribution < -0.4 is 15.0 Å². The number of ether oxygens (including phenoxy) is 1. The molecule has 0 aliphatic carbocycles. The highest BCUT2D eigenvalue weighted by molar-refractivity contribution is 8.07. The van der Waals surface area contributed by atoms with Gasteiger partial charge in [-0.2, -0.15) is 0 Å². The number of nitrogens with zero attached hydrogens (tertiary/aromatic N) is 1. The summed E-state index contributed by atoms with van der Waals surface area (Å²) in [4.78, 5) is 16.2. The highest BCUT2D eigenvalue weighted by Gasteiger charge is 2.41. The van der Waals surface area contributed by atoms with Crippen LogP contribution in [0.1, 0.15) is 38.0 Å². The molecule has 3 aromatic rings. The number of halogens is 2. The maximum atomic E-state index is 14.2. The summed E-state index contributed by atoms with van der Waals surface area (Å²) in [6.07, 6.45) is 2.53. The lowest BCUT2D eigenvalue weighted by atomic mass is 10.1. The molecule has 0 aromatic heterocycles. The summed E-state index contributed by atoms with van der Waals surface area (Å²) in [5, 5.41) is 11.0. The third-order valence-electron chi connectivity index (χ3n) is 6.12. The number of allylic oxidation sites excluding steroid dienone is 2. The minimum absolute atomic E-state index is 0.310. The second kappa shape index (κ2) is 11.0. The van der Waals surface area contributed by atoms with Crippen molar-refractivity contribution in [3.05, 3.63) is 106 Å². The first kappa shape index (κ1) is 26.2. The lowest BCUT2D eigenvalue weighted by molar-refractivity contribution is -0.115. The maximum absolute atomic E-state index is 14.2. The molecule has 0 bridgehead atoms. The molecule has 0 fully saturated rings. The van der Waals surface area contributed by atoms with Crippen LogP contribution in [0, 0.1) is 17.0 Å². The van der Waals surface area contributed by atoms with Crippen molar-refractivity contribution >= 4 is 40.9 Å². The van der Waals surface area contributed by atoms with Gasteiger partial charge in [0, 0.05) is 28.7 Å². The molecule has 3 aromatic carbocycles. The number of thioether (sulfide) groups is 1. The number of hydrogen-bond donors (Lipinski definition) is 2. The van der Waals surface area contributed by atoms with E-state index in [0.29, 0.717) is 38.8 Å². The van der Waals surface area contributed by atoms with Crippen molar-refractivity contribution in [2.45, 2.75) is 32.9 Å². The van der Waals surface area contributed by atoms with Gasteiger partial charge in [0.1, 0.15) is 23.5 Å². The number of benzene rings is 3. The number of hydrogen-bond acceptors (Lipinski definition) is 5. The van der Waals surface area contributed by atoms with E-state index < -0.39 is 18.0 Å². The molecule has 2 N–H and O–H groups in total. The molecule has 190 valence electrons. The van der Waals surface area contributed by atoms with Crippen LogP contribution in [-0.2, 0) is 4.79 Å². The van der Waals surface area contributed by atoms with E-state index in [1.807, 2.05) is 26.8 Å². The quantitative estimate of drug-likeness (QED) is 0.236. The van der Waals surface area contributed by atoms with E-state index in [0.717, 1.165) is 4.91 Å². The van der Waals surface area contributed by atoms with Gasteiger partial charge in [0.25, 0.3) is 5.91 Å². The van der Waals surface area contributed by atoms with Crippen LogP contribution in [0.15, 0.2) is 83.1 Å². The van der Waals surface area contributed by atoms with Crippen molar-refractivity contribution in [2.75, 3.05) is 10.2 Å². The molecule has 5 nitrogen and oxygen atoms in total. The number of rotatable bonds is 8. The summed E-state index contributed by atoms with van der Waals surface area (Å²) >= 11 is 1.28. The summed E-state index contributed by atoms with van der Waals surface area (Å²) < 4.78 is 33.8. The van der Waals surface area contributed by atoms with Crippen LogP contribution in [0.25, 0.3) is 0 Å². The summed E-state index contributed by atoms with van der Waals surface area (Å²) in [5.41, 5.74) is 3.03. The van der Waals surface area contributed by atoms with Gasteiger partial charge in [-0.3, -0.25) is 4.79 Å².